The van der Waals surface area contributed by atoms with Gasteiger partial charge in [-0.05, 0) is 36.4 Å². The minimum absolute atomic E-state index is 0.343. The molecule has 4 nitrogen and oxygen atoms in total. The largest absolute Gasteiger partial charge is 0.465 e. The number of anilines is 2. The Kier molecular flexibility index (Phi) is 5.25. The van der Waals surface area contributed by atoms with Crippen molar-refractivity contribution < 1.29 is 9.53 Å². The summed E-state index contributed by atoms with van der Waals surface area (Å²) in [5, 5.41) is 0. The lowest BCUT2D eigenvalue weighted by Crippen LogP contribution is -2.00. The average Bonchev–Trinajstić information content (AvgIpc) is 2.40. The zero-order valence-electron chi connectivity index (χ0n) is 10.2. The summed E-state index contributed by atoms with van der Waals surface area (Å²) in [4.78, 5) is 10.9. The third-order valence-corrected chi connectivity index (χ3v) is 2.13. The maximum Gasteiger partial charge on any atom is 0.337 e. The maximum absolute atomic E-state index is 10.9. The monoisotopic (exact) mass is 244 g/mol. The van der Waals surface area contributed by atoms with Crippen LogP contribution in [0.5, 0.6) is 0 Å². The third kappa shape index (κ3) is 4.57. The van der Waals surface area contributed by atoms with Crippen LogP contribution in [0.25, 0.3) is 0 Å². The summed E-state index contributed by atoms with van der Waals surface area (Å²) < 4.78 is 4.50. The zero-order valence-corrected chi connectivity index (χ0v) is 10.2. The quantitative estimate of drug-likeness (QED) is 0.596. The molecule has 0 fully saturated rings. The molecule has 18 heavy (non-hydrogen) atoms. The lowest BCUT2D eigenvalue weighted by Gasteiger charge is -1.97. The lowest BCUT2D eigenvalue weighted by atomic mass is 10.2. The lowest BCUT2D eigenvalue weighted by molar-refractivity contribution is 0.0601. The molecule has 0 bridgehead atoms. The highest BCUT2D eigenvalue weighted by molar-refractivity contribution is 5.89. The number of rotatable bonds is 1. The number of nitrogen functional groups attached to an aromatic ring is 2. The third-order valence-electron chi connectivity index (χ3n) is 2.13. The number of nitrogens with two attached hydrogens (primary N) is 2. The van der Waals surface area contributed by atoms with E-state index in [0.717, 1.165) is 5.69 Å². The smallest absolute Gasteiger partial charge is 0.337 e. The van der Waals surface area contributed by atoms with Gasteiger partial charge in [0.15, 0.2) is 0 Å². The molecule has 2 aromatic rings. The van der Waals surface area contributed by atoms with Crippen LogP contribution in [0.15, 0.2) is 54.6 Å². The minimum Gasteiger partial charge on any atom is -0.465 e. The summed E-state index contributed by atoms with van der Waals surface area (Å²) in [6.07, 6.45) is 0. The first kappa shape index (κ1) is 13.6. The zero-order chi connectivity index (χ0) is 13.4. The molecule has 0 aliphatic carbocycles. The van der Waals surface area contributed by atoms with Crippen LogP contribution >= 0.6 is 0 Å². The Hall–Kier alpha value is -2.49. The van der Waals surface area contributed by atoms with E-state index in [2.05, 4.69) is 4.74 Å². The Morgan fingerprint density at radius 3 is 1.78 bits per heavy atom. The highest BCUT2D eigenvalue weighted by Crippen LogP contribution is 2.05. The number of carbonyl (C=O) groups excluding carboxylic acids is 1. The molecule has 0 saturated heterocycles. The average molecular weight is 244 g/mol. The summed E-state index contributed by atoms with van der Waals surface area (Å²) in [7, 11) is 1.35. The molecule has 0 amide bonds. The van der Waals surface area contributed by atoms with Crippen molar-refractivity contribution in [2.24, 2.45) is 0 Å². The molecule has 0 unspecified atom stereocenters. The Morgan fingerprint density at radius 2 is 1.39 bits per heavy atom. The number of hydrogen-bond acceptors (Lipinski definition) is 4. The maximum atomic E-state index is 10.9. The van der Waals surface area contributed by atoms with Gasteiger partial charge in [0.1, 0.15) is 0 Å². The highest BCUT2D eigenvalue weighted by atomic mass is 16.5. The molecular formula is C14H16N2O2. The summed E-state index contributed by atoms with van der Waals surface area (Å²) in [5.74, 6) is -0.343. The SMILES string of the molecule is COC(=O)c1ccc(N)cc1.Nc1ccccc1. The fourth-order valence-electron chi connectivity index (χ4n) is 1.19. The van der Waals surface area contributed by atoms with Crippen molar-refractivity contribution in [3.05, 3.63) is 60.2 Å². The van der Waals surface area contributed by atoms with Crippen molar-refractivity contribution in [3.63, 3.8) is 0 Å². The first-order valence-electron chi connectivity index (χ1n) is 5.38. The van der Waals surface area contributed by atoms with E-state index in [1.54, 1.807) is 24.3 Å². The summed E-state index contributed by atoms with van der Waals surface area (Å²) in [6, 6.07) is 16.1. The van der Waals surface area contributed by atoms with Crippen LogP contribution < -0.4 is 11.5 Å². The molecule has 2 rings (SSSR count). The van der Waals surface area contributed by atoms with Crippen molar-refractivity contribution in [1.29, 1.82) is 0 Å². The van der Waals surface area contributed by atoms with Crippen molar-refractivity contribution in [2.45, 2.75) is 0 Å². The van der Waals surface area contributed by atoms with Crippen LogP contribution in [0.4, 0.5) is 11.4 Å². The highest BCUT2D eigenvalue weighted by Gasteiger charge is 2.02. The number of benzene rings is 2. The topological polar surface area (TPSA) is 78.3 Å². The summed E-state index contributed by atoms with van der Waals surface area (Å²) >= 11 is 0. The van der Waals surface area contributed by atoms with Crippen LogP contribution in [0.2, 0.25) is 0 Å². The van der Waals surface area contributed by atoms with E-state index in [1.807, 2.05) is 30.3 Å². The Labute approximate surface area is 106 Å². The first-order chi connectivity index (χ1) is 8.63. The number of ether oxygens (including phenoxy) is 1. The second kappa shape index (κ2) is 6.96. The normalized spacial score (nSPS) is 8.94. The number of methoxy groups -OCH3 is 1. The van der Waals surface area contributed by atoms with Crippen LogP contribution in [0.1, 0.15) is 10.4 Å². The molecule has 0 radical (unpaired) electrons. The molecule has 0 heterocycles. The molecule has 4 heteroatoms. The minimum atomic E-state index is -0.343. The predicted octanol–water partition coefficient (Wildman–Crippen LogP) is 2.32. The molecule has 2 aromatic carbocycles. The van der Waals surface area contributed by atoms with Crippen LogP contribution in [0.3, 0.4) is 0 Å². The fourth-order valence-corrected chi connectivity index (χ4v) is 1.19. The molecule has 0 aromatic heterocycles. The first-order valence-corrected chi connectivity index (χ1v) is 5.38. The van der Waals surface area contributed by atoms with E-state index in [-0.39, 0.29) is 5.97 Å². The van der Waals surface area contributed by atoms with Crippen LogP contribution in [-0.4, -0.2) is 13.1 Å². The van der Waals surface area contributed by atoms with Gasteiger partial charge in [0.05, 0.1) is 12.7 Å². The van der Waals surface area contributed by atoms with Gasteiger partial charge in [-0.1, -0.05) is 18.2 Å². The van der Waals surface area contributed by atoms with Gasteiger partial charge >= 0.3 is 5.97 Å². The van der Waals surface area contributed by atoms with Gasteiger partial charge in [0.2, 0.25) is 0 Å². The van der Waals surface area contributed by atoms with Gasteiger partial charge in [-0.15, -0.1) is 0 Å². The number of para-hydroxylation sites is 1. The Bertz CT molecular complexity index is 481. The van der Waals surface area contributed by atoms with E-state index < -0.39 is 0 Å². The van der Waals surface area contributed by atoms with Gasteiger partial charge < -0.3 is 16.2 Å². The van der Waals surface area contributed by atoms with E-state index >= 15 is 0 Å². The van der Waals surface area contributed by atoms with Gasteiger partial charge in [-0.3, -0.25) is 0 Å². The second-order valence-electron chi connectivity index (χ2n) is 3.52. The summed E-state index contributed by atoms with van der Waals surface area (Å²) in [6.45, 7) is 0. The van der Waals surface area contributed by atoms with E-state index in [9.17, 15) is 4.79 Å². The van der Waals surface area contributed by atoms with Gasteiger partial charge in [0.25, 0.3) is 0 Å². The molecular weight excluding hydrogens is 228 g/mol. The van der Waals surface area contributed by atoms with Gasteiger partial charge in [0, 0.05) is 11.4 Å². The van der Waals surface area contributed by atoms with Crippen molar-refractivity contribution in [2.75, 3.05) is 18.6 Å². The van der Waals surface area contributed by atoms with Crippen LogP contribution in [-0.2, 0) is 4.74 Å². The predicted molar refractivity (Wildman–Crippen MR) is 73.0 cm³/mol. The number of esters is 1. The number of hydrogen-bond donors (Lipinski definition) is 2. The molecule has 0 saturated carbocycles. The standard InChI is InChI=1S/C8H9NO2.C6H7N/c1-11-8(10)6-2-4-7(9)5-3-6;7-6-4-2-1-3-5-6/h2-5H,9H2,1H3;1-5H,7H2. The van der Waals surface area contributed by atoms with Gasteiger partial charge in [-0.2, -0.15) is 0 Å². The van der Waals surface area contributed by atoms with Crippen molar-refractivity contribution in [3.8, 4) is 0 Å². The van der Waals surface area contributed by atoms with Crippen molar-refractivity contribution >= 4 is 17.3 Å². The van der Waals surface area contributed by atoms with Crippen molar-refractivity contribution in [1.82, 2.24) is 0 Å². The number of carbonyl (C=O) groups is 1. The molecule has 0 atom stereocenters. The van der Waals surface area contributed by atoms with Gasteiger partial charge in [-0.25, -0.2) is 4.79 Å². The Balaban J connectivity index is 0.000000199. The van der Waals surface area contributed by atoms with E-state index in [4.69, 9.17) is 11.5 Å². The molecule has 94 valence electrons. The summed E-state index contributed by atoms with van der Waals surface area (Å²) in [5.41, 5.74) is 12.7. The molecule has 0 aliphatic heterocycles. The fraction of sp³-hybridized carbons (Fsp3) is 0.0714. The second-order valence-corrected chi connectivity index (χ2v) is 3.52. The molecule has 0 spiro atoms. The van der Waals surface area contributed by atoms with E-state index in [0.29, 0.717) is 11.3 Å². The van der Waals surface area contributed by atoms with E-state index in [1.165, 1.54) is 7.11 Å². The molecule has 0 aliphatic rings. The molecule has 4 N–H and O–H groups in total. The Morgan fingerprint density at radius 1 is 0.889 bits per heavy atom. The van der Waals surface area contributed by atoms with Crippen LogP contribution in [0, 0.1) is 0 Å².